The van der Waals surface area contributed by atoms with E-state index in [1.807, 2.05) is 30.3 Å². The van der Waals surface area contributed by atoms with E-state index in [9.17, 15) is 4.39 Å². The zero-order valence-corrected chi connectivity index (χ0v) is 11.4. The summed E-state index contributed by atoms with van der Waals surface area (Å²) in [7, 11) is 0. The smallest absolute Gasteiger partial charge is 0.213 e. The lowest BCUT2D eigenvalue weighted by molar-refractivity contribution is 0.264. The molecule has 0 radical (unpaired) electrons. The van der Waals surface area contributed by atoms with Gasteiger partial charge in [-0.2, -0.15) is 0 Å². The number of benzene rings is 1. The molecular formula is C15H15ClFNO. The first kappa shape index (κ1) is 13.8. The molecule has 0 aliphatic rings. The lowest BCUT2D eigenvalue weighted by Crippen LogP contribution is -2.02. The van der Waals surface area contributed by atoms with Gasteiger partial charge in [-0.05, 0) is 23.3 Å². The Kier molecular flexibility index (Phi) is 4.74. The van der Waals surface area contributed by atoms with Crippen molar-refractivity contribution >= 4 is 11.6 Å². The fraction of sp³-hybridized carbons (Fsp3) is 0.267. The first-order chi connectivity index (χ1) is 9.20. The molecule has 0 N–H and O–H groups in total. The Labute approximate surface area is 117 Å². The second-order valence-electron chi connectivity index (χ2n) is 4.24. The monoisotopic (exact) mass is 279 g/mol. The summed E-state index contributed by atoms with van der Waals surface area (Å²) in [5.74, 6) is 0.671. The Bertz CT molecular complexity index is 513. The molecule has 0 aliphatic heterocycles. The van der Waals surface area contributed by atoms with Crippen molar-refractivity contribution < 1.29 is 9.13 Å². The molecule has 2 aromatic rings. The fourth-order valence-electron chi connectivity index (χ4n) is 1.82. The molecule has 0 aliphatic carbocycles. The normalized spacial score (nSPS) is 12.2. The third-order valence-corrected chi connectivity index (χ3v) is 3.21. The molecule has 2 rings (SSSR count). The quantitative estimate of drug-likeness (QED) is 0.817. The predicted octanol–water partition coefficient (Wildman–Crippen LogP) is 4.24. The van der Waals surface area contributed by atoms with Gasteiger partial charge in [0.15, 0.2) is 0 Å². The molecule has 0 amide bonds. The third-order valence-electron chi connectivity index (χ3n) is 2.96. The number of pyridine rings is 1. The number of hydrogen-bond donors (Lipinski definition) is 0. The minimum absolute atomic E-state index is 0.0408. The number of hydrogen-bond acceptors (Lipinski definition) is 2. The molecule has 4 heteroatoms. The number of rotatable bonds is 5. The molecule has 0 bridgehead atoms. The largest absolute Gasteiger partial charge is 0.475 e. The highest BCUT2D eigenvalue weighted by Crippen LogP contribution is 2.25. The predicted molar refractivity (Wildman–Crippen MR) is 74.7 cm³/mol. The van der Waals surface area contributed by atoms with Gasteiger partial charge in [-0.1, -0.05) is 36.7 Å². The molecule has 1 atom stereocenters. The molecule has 2 nitrogen and oxygen atoms in total. The molecular weight excluding hydrogens is 265 g/mol. The Morgan fingerprint density at radius 3 is 2.42 bits per heavy atom. The van der Waals surface area contributed by atoms with E-state index >= 15 is 0 Å². The van der Waals surface area contributed by atoms with Crippen LogP contribution in [-0.2, 0) is 0 Å². The number of ether oxygens (including phenoxy) is 1. The van der Waals surface area contributed by atoms with Crippen molar-refractivity contribution in [3.63, 3.8) is 0 Å². The van der Waals surface area contributed by atoms with Crippen molar-refractivity contribution in [2.75, 3.05) is 13.3 Å². The van der Waals surface area contributed by atoms with Crippen LogP contribution in [0.2, 0.25) is 5.02 Å². The minimum atomic E-state index is -0.509. The summed E-state index contributed by atoms with van der Waals surface area (Å²) in [6, 6.07) is 11.5. The first-order valence-electron chi connectivity index (χ1n) is 6.11. The maximum absolute atomic E-state index is 12.0. The van der Waals surface area contributed by atoms with E-state index in [1.165, 1.54) is 5.56 Å². The standard InChI is InChI=1S/C15H15ClFNO/c1-11(12-2-5-14(16)6-3-12)13-4-7-15(18-10-13)19-9-8-17/h2-7,10-11H,8-9H2,1H3. The van der Waals surface area contributed by atoms with Crippen molar-refractivity contribution in [3.05, 3.63) is 58.7 Å². The minimum Gasteiger partial charge on any atom is -0.475 e. The Balaban J connectivity index is 2.10. The molecule has 0 spiro atoms. The van der Waals surface area contributed by atoms with E-state index < -0.39 is 6.67 Å². The van der Waals surface area contributed by atoms with Crippen LogP contribution in [0.15, 0.2) is 42.6 Å². The number of aromatic nitrogens is 1. The van der Waals surface area contributed by atoms with Crippen LogP contribution in [0.4, 0.5) is 4.39 Å². The summed E-state index contributed by atoms with van der Waals surface area (Å²) in [4.78, 5) is 4.17. The van der Waals surface area contributed by atoms with Crippen LogP contribution < -0.4 is 4.74 Å². The van der Waals surface area contributed by atoms with Crippen molar-refractivity contribution in [1.82, 2.24) is 4.98 Å². The number of nitrogens with zero attached hydrogens (tertiary/aromatic N) is 1. The zero-order valence-electron chi connectivity index (χ0n) is 10.6. The molecule has 0 fully saturated rings. The average molecular weight is 280 g/mol. The summed E-state index contributed by atoms with van der Waals surface area (Å²) in [5, 5.41) is 0.726. The molecule has 1 unspecified atom stereocenters. The van der Waals surface area contributed by atoms with Crippen molar-refractivity contribution in [1.29, 1.82) is 0 Å². The lowest BCUT2D eigenvalue weighted by atomic mass is 9.95. The van der Waals surface area contributed by atoms with Gasteiger partial charge in [0.1, 0.15) is 13.3 Å². The maximum atomic E-state index is 12.0. The van der Waals surface area contributed by atoms with Crippen molar-refractivity contribution in [3.8, 4) is 5.88 Å². The van der Waals surface area contributed by atoms with Gasteiger partial charge < -0.3 is 4.74 Å². The van der Waals surface area contributed by atoms with Crippen LogP contribution in [0.25, 0.3) is 0 Å². The van der Waals surface area contributed by atoms with Gasteiger partial charge in [-0.25, -0.2) is 9.37 Å². The topological polar surface area (TPSA) is 22.1 Å². The molecule has 19 heavy (non-hydrogen) atoms. The highest BCUT2D eigenvalue weighted by molar-refractivity contribution is 6.30. The van der Waals surface area contributed by atoms with Crippen LogP contribution in [0, 0.1) is 0 Å². The highest BCUT2D eigenvalue weighted by Gasteiger charge is 2.09. The van der Waals surface area contributed by atoms with Crippen LogP contribution in [-0.4, -0.2) is 18.3 Å². The molecule has 0 saturated heterocycles. The summed E-state index contributed by atoms with van der Waals surface area (Å²) < 4.78 is 17.1. The van der Waals surface area contributed by atoms with Gasteiger partial charge in [0, 0.05) is 23.2 Å². The summed E-state index contributed by atoms with van der Waals surface area (Å²) in [5.41, 5.74) is 2.25. The van der Waals surface area contributed by atoms with Gasteiger partial charge in [-0.3, -0.25) is 0 Å². The number of halogens is 2. The van der Waals surface area contributed by atoms with Gasteiger partial charge in [0.05, 0.1) is 0 Å². The summed E-state index contributed by atoms with van der Waals surface area (Å²) in [6.45, 7) is 1.63. The number of alkyl halides is 1. The Morgan fingerprint density at radius 1 is 1.16 bits per heavy atom. The summed E-state index contributed by atoms with van der Waals surface area (Å²) >= 11 is 5.87. The van der Waals surface area contributed by atoms with E-state index in [1.54, 1.807) is 12.3 Å². The molecule has 1 aromatic heterocycles. The Morgan fingerprint density at radius 2 is 1.84 bits per heavy atom. The second-order valence-corrected chi connectivity index (χ2v) is 4.68. The second kappa shape index (κ2) is 6.53. The SMILES string of the molecule is CC(c1ccc(Cl)cc1)c1ccc(OCCF)nc1. The van der Waals surface area contributed by atoms with Crippen LogP contribution in [0.3, 0.4) is 0 Å². The average Bonchev–Trinajstić information content (AvgIpc) is 2.46. The summed E-state index contributed by atoms with van der Waals surface area (Å²) in [6.07, 6.45) is 1.76. The molecule has 0 saturated carbocycles. The van der Waals surface area contributed by atoms with Crippen molar-refractivity contribution in [2.24, 2.45) is 0 Å². The third kappa shape index (κ3) is 3.67. The van der Waals surface area contributed by atoms with E-state index in [2.05, 4.69) is 11.9 Å². The first-order valence-corrected chi connectivity index (χ1v) is 6.48. The van der Waals surface area contributed by atoms with Gasteiger partial charge in [-0.15, -0.1) is 0 Å². The van der Waals surface area contributed by atoms with Crippen LogP contribution in [0.5, 0.6) is 5.88 Å². The van der Waals surface area contributed by atoms with E-state index in [4.69, 9.17) is 16.3 Å². The lowest BCUT2D eigenvalue weighted by Gasteiger charge is -2.12. The van der Waals surface area contributed by atoms with Gasteiger partial charge >= 0.3 is 0 Å². The van der Waals surface area contributed by atoms with Crippen molar-refractivity contribution in [2.45, 2.75) is 12.8 Å². The molecule has 100 valence electrons. The highest BCUT2D eigenvalue weighted by atomic mass is 35.5. The van der Waals surface area contributed by atoms with Crippen LogP contribution in [0.1, 0.15) is 24.0 Å². The van der Waals surface area contributed by atoms with Gasteiger partial charge in [0.2, 0.25) is 5.88 Å². The van der Waals surface area contributed by atoms with Gasteiger partial charge in [0.25, 0.3) is 0 Å². The van der Waals surface area contributed by atoms with Crippen LogP contribution >= 0.6 is 11.6 Å². The maximum Gasteiger partial charge on any atom is 0.213 e. The van der Waals surface area contributed by atoms with E-state index in [0.29, 0.717) is 5.88 Å². The fourth-order valence-corrected chi connectivity index (χ4v) is 1.95. The van der Waals surface area contributed by atoms with E-state index in [-0.39, 0.29) is 12.5 Å². The molecule has 1 heterocycles. The zero-order chi connectivity index (χ0) is 13.7. The Hall–Kier alpha value is -1.61. The molecule has 1 aromatic carbocycles. The van der Waals surface area contributed by atoms with E-state index in [0.717, 1.165) is 10.6 Å².